The van der Waals surface area contributed by atoms with Crippen molar-refractivity contribution in [3.8, 4) is 0 Å². The largest absolute Gasteiger partial charge is 0.390 e. The predicted octanol–water partition coefficient (Wildman–Crippen LogP) is 3.47. The molecule has 0 aromatic heterocycles. The molecule has 0 saturated carbocycles. The smallest absolute Gasteiger partial charge is 0.332 e. The highest BCUT2D eigenvalue weighted by Gasteiger charge is 2.46. The average molecular weight is 641 g/mol. The Labute approximate surface area is 255 Å². The van der Waals surface area contributed by atoms with Gasteiger partial charge in [0.2, 0.25) is 0 Å². The first-order chi connectivity index (χ1) is 20.9. The third-order valence-corrected chi connectivity index (χ3v) is 10.2. The molecule has 0 bridgehead atoms. The van der Waals surface area contributed by atoms with Gasteiger partial charge in [-0.3, -0.25) is 4.57 Å². The van der Waals surface area contributed by atoms with Crippen LogP contribution in [0.25, 0.3) is 0 Å². The summed E-state index contributed by atoms with van der Waals surface area (Å²) in [6, 6.07) is 0. The van der Waals surface area contributed by atoms with E-state index in [1.807, 2.05) is 0 Å². The second kappa shape index (κ2) is 18.8. The van der Waals surface area contributed by atoms with Gasteiger partial charge in [-0.1, -0.05) is 0 Å². The summed E-state index contributed by atoms with van der Waals surface area (Å²) >= 11 is 0. The molecule has 0 radical (unpaired) electrons. The van der Waals surface area contributed by atoms with Gasteiger partial charge < -0.3 is 57.2 Å². The maximum absolute atomic E-state index is 13.2. The van der Waals surface area contributed by atoms with Gasteiger partial charge in [0.15, 0.2) is 25.2 Å². The van der Waals surface area contributed by atoms with E-state index in [-0.39, 0.29) is 12.8 Å². The summed E-state index contributed by atoms with van der Waals surface area (Å²) in [5.74, 6) is 0. The first-order valence-corrected chi connectivity index (χ1v) is 17.7. The summed E-state index contributed by atoms with van der Waals surface area (Å²) in [5, 5.41) is 23.3. The van der Waals surface area contributed by atoms with E-state index in [0.717, 1.165) is 57.8 Å². The maximum Gasteiger partial charge on any atom is 0.332 e. The van der Waals surface area contributed by atoms with E-state index in [9.17, 15) is 14.8 Å². The second-order valence-electron chi connectivity index (χ2n) is 11.6. The van der Waals surface area contributed by atoms with Crippen LogP contribution in [0.1, 0.15) is 77.0 Å². The van der Waals surface area contributed by atoms with Crippen molar-refractivity contribution in [3.63, 3.8) is 0 Å². The quantitative estimate of drug-likeness (QED) is 0.224. The molecule has 4 fully saturated rings. The Balaban J connectivity index is 1.64. The molecule has 0 spiro atoms. The Hall–Kier alpha value is -0.250. The van der Waals surface area contributed by atoms with Gasteiger partial charge in [0.1, 0.15) is 24.4 Å². The molecule has 0 aliphatic carbocycles. The van der Waals surface area contributed by atoms with Crippen LogP contribution in [0.4, 0.5) is 0 Å². The third-order valence-electron chi connectivity index (χ3n) is 8.30. The summed E-state index contributed by atoms with van der Waals surface area (Å²) in [7, 11) is -1.14. The van der Waals surface area contributed by atoms with Crippen LogP contribution in [0.2, 0.25) is 0 Å². The van der Waals surface area contributed by atoms with Crippen molar-refractivity contribution >= 4 is 7.60 Å². The standard InChI is InChI=1S/C29H53O13P/c1-33-43(32,34-2)20-22(31)28(41-25-13-5-9-17-37-25)29(42-26-14-6-10-18-38-26)27(40-24-12-4-8-16-36-24)21(30)19-39-23-11-3-7-15-35-23/h21-31H,3-20H2,1-2H3/t21-,22-,23?,24?,25?,26?,27-,28+,29+/m1/s1. The van der Waals surface area contributed by atoms with Gasteiger partial charge in [0.05, 0.1) is 18.9 Å². The van der Waals surface area contributed by atoms with Crippen molar-refractivity contribution < 1.29 is 61.7 Å². The summed E-state index contributed by atoms with van der Waals surface area (Å²) in [4.78, 5) is 0. The second-order valence-corrected chi connectivity index (χ2v) is 13.9. The minimum Gasteiger partial charge on any atom is -0.390 e. The van der Waals surface area contributed by atoms with E-state index in [1.165, 1.54) is 14.2 Å². The average Bonchev–Trinajstić information content (AvgIpc) is 3.06. The van der Waals surface area contributed by atoms with Crippen molar-refractivity contribution in [1.82, 2.24) is 0 Å². The monoisotopic (exact) mass is 640 g/mol. The van der Waals surface area contributed by atoms with E-state index in [2.05, 4.69) is 0 Å². The van der Waals surface area contributed by atoms with E-state index in [0.29, 0.717) is 45.7 Å². The van der Waals surface area contributed by atoms with Crippen LogP contribution in [0.15, 0.2) is 0 Å². The fourth-order valence-corrected chi connectivity index (χ4v) is 6.91. The molecule has 4 aliphatic rings. The van der Waals surface area contributed by atoms with Gasteiger partial charge in [-0.2, -0.15) is 0 Å². The highest BCUT2D eigenvalue weighted by molar-refractivity contribution is 7.53. The molecule has 4 unspecified atom stereocenters. The highest BCUT2D eigenvalue weighted by Crippen LogP contribution is 2.48. The zero-order chi connectivity index (χ0) is 30.5. The Morgan fingerprint density at radius 1 is 0.605 bits per heavy atom. The molecule has 0 aromatic carbocycles. The summed E-state index contributed by atoms with van der Waals surface area (Å²) in [6.07, 6.45) is 1.26. The molecule has 14 heteroatoms. The number of hydrogen-bond acceptors (Lipinski definition) is 13. The van der Waals surface area contributed by atoms with Crippen LogP contribution < -0.4 is 0 Å². The van der Waals surface area contributed by atoms with E-state index < -0.39 is 63.3 Å². The van der Waals surface area contributed by atoms with Gasteiger partial charge in [0.25, 0.3) is 0 Å². The molecular weight excluding hydrogens is 587 g/mol. The first-order valence-electron chi connectivity index (χ1n) is 16.0. The zero-order valence-corrected chi connectivity index (χ0v) is 26.7. The molecule has 252 valence electrons. The van der Waals surface area contributed by atoms with Crippen LogP contribution in [0.5, 0.6) is 0 Å². The van der Waals surface area contributed by atoms with E-state index in [4.69, 9.17) is 46.9 Å². The lowest BCUT2D eigenvalue weighted by Crippen LogP contribution is -2.58. The van der Waals surface area contributed by atoms with Crippen LogP contribution in [0.3, 0.4) is 0 Å². The molecule has 2 N–H and O–H groups in total. The zero-order valence-electron chi connectivity index (χ0n) is 25.8. The normalized spacial score (nSPS) is 31.2. The summed E-state index contributed by atoms with van der Waals surface area (Å²) in [6.45, 7) is 2.05. The number of ether oxygens (including phenoxy) is 8. The van der Waals surface area contributed by atoms with Crippen LogP contribution >= 0.6 is 7.60 Å². The van der Waals surface area contributed by atoms with E-state index in [1.54, 1.807) is 0 Å². The summed E-state index contributed by atoms with van der Waals surface area (Å²) in [5.41, 5.74) is 0. The van der Waals surface area contributed by atoms with Crippen molar-refractivity contribution in [3.05, 3.63) is 0 Å². The minimum atomic E-state index is -3.67. The number of aliphatic hydroxyl groups is 2. The highest BCUT2D eigenvalue weighted by atomic mass is 31.2. The van der Waals surface area contributed by atoms with Gasteiger partial charge in [0, 0.05) is 40.6 Å². The van der Waals surface area contributed by atoms with Gasteiger partial charge in [-0.15, -0.1) is 0 Å². The van der Waals surface area contributed by atoms with Crippen molar-refractivity contribution in [1.29, 1.82) is 0 Å². The molecule has 13 nitrogen and oxygen atoms in total. The molecule has 9 atom stereocenters. The Morgan fingerprint density at radius 3 is 1.40 bits per heavy atom. The Morgan fingerprint density at radius 2 is 1.00 bits per heavy atom. The van der Waals surface area contributed by atoms with Crippen molar-refractivity contribution in [2.24, 2.45) is 0 Å². The molecule has 4 aliphatic heterocycles. The SMILES string of the molecule is COP(=O)(C[C@@H](O)[C@H](OC1CCCCO1)[C@@H](OC1CCCCO1)[C@H](OC1CCCCO1)[C@H](O)COC1CCCCO1)OC. The fourth-order valence-electron chi connectivity index (χ4n) is 5.80. The van der Waals surface area contributed by atoms with Gasteiger partial charge >= 0.3 is 7.60 Å². The van der Waals surface area contributed by atoms with E-state index >= 15 is 0 Å². The minimum absolute atomic E-state index is 0.106. The Bertz CT molecular complexity index is 789. The lowest BCUT2D eigenvalue weighted by Gasteiger charge is -2.42. The number of rotatable bonds is 17. The molecule has 0 amide bonds. The Kier molecular flexibility index (Phi) is 15.6. The van der Waals surface area contributed by atoms with Gasteiger partial charge in [-0.25, -0.2) is 0 Å². The van der Waals surface area contributed by atoms with Crippen LogP contribution in [-0.2, 0) is 51.5 Å². The summed E-state index contributed by atoms with van der Waals surface area (Å²) < 4.78 is 72.3. The predicted molar refractivity (Wildman–Crippen MR) is 153 cm³/mol. The molecule has 43 heavy (non-hydrogen) atoms. The molecule has 4 heterocycles. The number of hydrogen-bond donors (Lipinski definition) is 2. The topological polar surface area (TPSA) is 150 Å². The van der Waals surface area contributed by atoms with Gasteiger partial charge in [-0.05, 0) is 77.0 Å². The molecule has 4 saturated heterocycles. The van der Waals surface area contributed by atoms with Crippen molar-refractivity contribution in [2.45, 2.75) is 133 Å². The fraction of sp³-hybridized carbons (Fsp3) is 1.00. The third kappa shape index (κ3) is 11.5. The lowest BCUT2D eigenvalue weighted by atomic mass is 9.98. The maximum atomic E-state index is 13.2. The molecular formula is C29H53O13P. The molecule has 0 aromatic rings. The lowest BCUT2D eigenvalue weighted by molar-refractivity contribution is -0.309. The number of aliphatic hydroxyl groups excluding tert-OH is 2. The van der Waals surface area contributed by atoms with Crippen LogP contribution in [0, 0.1) is 0 Å². The van der Waals surface area contributed by atoms with Crippen LogP contribution in [-0.4, -0.2) is 119 Å². The molecule has 4 rings (SSSR count). The van der Waals surface area contributed by atoms with Crippen molar-refractivity contribution in [2.75, 3.05) is 53.4 Å². The first kappa shape index (κ1) is 35.6.